The Hall–Kier alpha value is -0.576. The van der Waals surface area contributed by atoms with Crippen LogP contribution >= 0.6 is 0 Å². The number of aryl methyl sites for hydroxylation is 1. The minimum absolute atomic E-state index is 0. The molecule has 0 radical (unpaired) electrons. The number of nitrogens with one attached hydrogen (secondary N) is 3. The molecule has 0 spiro atoms. The predicted molar refractivity (Wildman–Crippen MR) is 93.9 cm³/mol. The number of hydrogen-bond acceptors (Lipinski definition) is 3. The molecule has 0 aliphatic rings. The molecule has 0 bridgehead atoms. The Morgan fingerprint density at radius 2 is 1.33 bits per heavy atom. The molecule has 0 atom stereocenters. The van der Waals surface area contributed by atoms with Crippen molar-refractivity contribution in [1.29, 1.82) is 0 Å². The van der Waals surface area contributed by atoms with Crippen LogP contribution in [0.15, 0.2) is 36.4 Å². The first-order valence-electron chi connectivity index (χ1n) is 7.05. The molecule has 21 heavy (non-hydrogen) atoms. The standard InChI is InChI=1S/C11H11.3C2H7N.Ti/c1-2-9-5-3-6-10-7-4-8-11(9)10;3*1-3-2;/h3-8H,2H2,1H3;3*3H,1-2H3;/q-1;;;;. The Balaban J connectivity index is -0.000000276. The quantitative estimate of drug-likeness (QED) is 0.557. The van der Waals surface area contributed by atoms with Gasteiger partial charge in [0, 0.05) is 21.7 Å². The third-order valence-corrected chi connectivity index (χ3v) is 2.15. The minimum Gasteiger partial charge on any atom is -0.323 e. The van der Waals surface area contributed by atoms with Crippen molar-refractivity contribution in [2.45, 2.75) is 13.3 Å². The average Bonchev–Trinajstić information content (AvgIpc) is 2.89. The fraction of sp³-hybridized carbons (Fsp3) is 0.471. The first-order valence-corrected chi connectivity index (χ1v) is 7.05. The second-order valence-electron chi connectivity index (χ2n) is 4.30. The molecule has 4 heteroatoms. The Morgan fingerprint density at radius 1 is 0.857 bits per heavy atom. The molecule has 0 amide bonds. The Labute approximate surface area is 146 Å². The SMILES string of the molecule is CCc1cccc2[cH-]ccc12.CNC.CNC.CNC.[Ti]. The van der Waals surface area contributed by atoms with E-state index in [1.807, 2.05) is 42.3 Å². The number of benzene rings is 1. The fourth-order valence-electron chi connectivity index (χ4n) is 1.54. The van der Waals surface area contributed by atoms with Crippen molar-refractivity contribution >= 4 is 10.8 Å². The smallest absolute Gasteiger partial charge is 0 e. The van der Waals surface area contributed by atoms with Gasteiger partial charge in [-0.3, -0.25) is 0 Å². The molecule has 3 N–H and O–H groups in total. The van der Waals surface area contributed by atoms with E-state index < -0.39 is 0 Å². The summed E-state index contributed by atoms with van der Waals surface area (Å²) >= 11 is 0. The monoisotopic (exact) mass is 326 g/mol. The molecule has 2 aromatic rings. The van der Waals surface area contributed by atoms with Gasteiger partial charge in [-0.25, -0.2) is 0 Å². The van der Waals surface area contributed by atoms with Crippen molar-refractivity contribution in [2.75, 3.05) is 42.3 Å². The van der Waals surface area contributed by atoms with Gasteiger partial charge in [0.1, 0.15) is 0 Å². The van der Waals surface area contributed by atoms with E-state index in [-0.39, 0.29) is 21.7 Å². The molecule has 0 saturated heterocycles. The Kier molecular flexibility index (Phi) is 23.5. The molecular weight excluding hydrogens is 294 g/mol. The summed E-state index contributed by atoms with van der Waals surface area (Å²) in [6, 6.07) is 12.9. The molecule has 120 valence electrons. The number of fused-ring (bicyclic) bond motifs is 1. The zero-order valence-electron chi connectivity index (χ0n) is 14.7. The van der Waals surface area contributed by atoms with Crippen molar-refractivity contribution in [3.8, 4) is 0 Å². The molecule has 2 aromatic carbocycles. The zero-order valence-corrected chi connectivity index (χ0v) is 16.2. The topological polar surface area (TPSA) is 36.1 Å². The minimum atomic E-state index is 0. The van der Waals surface area contributed by atoms with Gasteiger partial charge >= 0.3 is 0 Å². The van der Waals surface area contributed by atoms with Gasteiger partial charge < -0.3 is 16.0 Å². The van der Waals surface area contributed by atoms with E-state index in [2.05, 4.69) is 59.3 Å². The molecule has 0 aliphatic heterocycles. The molecule has 3 nitrogen and oxygen atoms in total. The Bertz CT molecular complexity index is 408. The van der Waals surface area contributed by atoms with Crippen LogP contribution in [0, 0.1) is 0 Å². The van der Waals surface area contributed by atoms with Gasteiger partial charge in [-0.05, 0) is 48.7 Å². The summed E-state index contributed by atoms with van der Waals surface area (Å²) in [4.78, 5) is 0. The van der Waals surface area contributed by atoms with Gasteiger partial charge in [-0.15, -0.1) is 29.0 Å². The molecule has 2 rings (SSSR count). The van der Waals surface area contributed by atoms with Crippen molar-refractivity contribution in [1.82, 2.24) is 16.0 Å². The van der Waals surface area contributed by atoms with Gasteiger partial charge in [-0.2, -0.15) is 12.1 Å². The van der Waals surface area contributed by atoms with Crippen LogP contribution in [-0.2, 0) is 28.1 Å². The maximum atomic E-state index is 2.75. The first kappa shape index (κ1) is 25.4. The van der Waals surface area contributed by atoms with Crippen molar-refractivity contribution in [2.24, 2.45) is 0 Å². The van der Waals surface area contributed by atoms with E-state index in [1.165, 1.54) is 16.3 Å². The van der Waals surface area contributed by atoms with Crippen LogP contribution in [-0.4, -0.2) is 42.3 Å². The van der Waals surface area contributed by atoms with Gasteiger partial charge in [0.25, 0.3) is 0 Å². The summed E-state index contributed by atoms with van der Waals surface area (Å²) in [6.45, 7) is 2.20. The normalized spacial score (nSPS) is 8.14. The third kappa shape index (κ3) is 12.8. The largest absolute Gasteiger partial charge is 0.323 e. The van der Waals surface area contributed by atoms with Crippen LogP contribution in [0.5, 0.6) is 0 Å². The van der Waals surface area contributed by atoms with Crippen LogP contribution in [0.2, 0.25) is 0 Å². The molecule has 0 fully saturated rings. The summed E-state index contributed by atoms with van der Waals surface area (Å²) in [5, 5.41) is 11.0. The van der Waals surface area contributed by atoms with Gasteiger partial charge in [-0.1, -0.05) is 18.6 Å². The first-order chi connectivity index (χ1) is 9.66. The van der Waals surface area contributed by atoms with E-state index >= 15 is 0 Å². The maximum Gasteiger partial charge on any atom is 0 e. The summed E-state index contributed by atoms with van der Waals surface area (Å²) in [5.41, 5.74) is 1.45. The molecule has 0 unspecified atom stereocenters. The van der Waals surface area contributed by atoms with Gasteiger partial charge in [0.05, 0.1) is 0 Å². The van der Waals surface area contributed by atoms with E-state index in [1.54, 1.807) is 0 Å². The molecule has 0 aliphatic carbocycles. The fourth-order valence-corrected chi connectivity index (χ4v) is 1.54. The Morgan fingerprint density at radius 3 is 1.76 bits per heavy atom. The predicted octanol–water partition coefficient (Wildman–Crippen LogP) is 2.63. The van der Waals surface area contributed by atoms with Crippen LogP contribution in [0.1, 0.15) is 12.5 Å². The van der Waals surface area contributed by atoms with Crippen LogP contribution in [0.3, 0.4) is 0 Å². The maximum absolute atomic E-state index is 2.75. The van der Waals surface area contributed by atoms with Crippen LogP contribution in [0.4, 0.5) is 0 Å². The summed E-state index contributed by atoms with van der Waals surface area (Å²) in [5.74, 6) is 0. The molecule has 0 aromatic heterocycles. The summed E-state index contributed by atoms with van der Waals surface area (Å²) < 4.78 is 0. The second kappa shape index (κ2) is 19.4. The van der Waals surface area contributed by atoms with E-state index in [9.17, 15) is 0 Å². The van der Waals surface area contributed by atoms with Gasteiger partial charge in [0.2, 0.25) is 0 Å². The van der Waals surface area contributed by atoms with Crippen molar-refractivity contribution < 1.29 is 21.7 Å². The van der Waals surface area contributed by atoms with Crippen molar-refractivity contribution in [3.63, 3.8) is 0 Å². The van der Waals surface area contributed by atoms with Crippen molar-refractivity contribution in [3.05, 3.63) is 42.0 Å². The van der Waals surface area contributed by atoms with Gasteiger partial charge in [0.15, 0.2) is 0 Å². The average molecular weight is 326 g/mol. The zero-order chi connectivity index (χ0) is 15.8. The summed E-state index contributed by atoms with van der Waals surface area (Å²) in [7, 11) is 11.2. The number of rotatable bonds is 1. The molecule has 0 saturated carbocycles. The number of hydrogen-bond donors (Lipinski definition) is 3. The molecular formula is C17H32N3Ti-. The van der Waals surface area contributed by atoms with Crippen LogP contribution in [0.25, 0.3) is 10.8 Å². The summed E-state index contributed by atoms with van der Waals surface area (Å²) in [6.07, 6.45) is 1.13. The molecule has 0 heterocycles. The van der Waals surface area contributed by atoms with Crippen LogP contribution < -0.4 is 16.0 Å². The third-order valence-electron chi connectivity index (χ3n) is 2.15. The van der Waals surface area contributed by atoms with E-state index in [0.29, 0.717) is 0 Å². The second-order valence-corrected chi connectivity index (χ2v) is 4.30. The van der Waals surface area contributed by atoms with E-state index in [4.69, 9.17) is 0 Å². The van der Waals surface area contributed by atoms with E-state index in [0.717, 1.165) is 6.42 Å².